The number of aromatic nitrogens is 2. The molecule has 0 aliphatic rings. The number of benzene rings is 1. The van der Waals surface area contributed by atoms with Gasteiger partial charge in [-0.05, 0) is 31.5 Å². The number of aryl methyl sites for hydroxylation is 2. The van der Waals surface area contributed by atoms with Crippen LogP contribution in [-0.2, 0) is 12.5 Å². The number of carbonyl (C=O) groups excluding carboxylic acids is 1. The van der Waals surface area contributed by atoms with Gasteiger partial charge >= 0.3 is 0 Å². The van der Waals surface area contributed by atoms with E-state index in [9.17, 15) is 4.79 Å². The third-order valence-electron chi connectivity index (χ3n) is 3.83. The van der Waals surface area contributed by atoms with E-state index in [1.807, 2.05) is 51.2 Å². The zero-order chi connectivity index (χ0) is 16.5. The van der Waals surface area contributed by atoms with Crippen LogP contribution in [0.3, 0.4) is 0 Å². The molecule has 4 heteroatoms. The van der Waals surface area contributed by atoms with E-state index in [0.29, 0.717) is 12.2 Å². The van der Waals surface area contributed by atoms with E-state index in [2.05, 4.69) is 25.9 Å². The highest BCUT2D eigenvalue weighted by Gasteiger charge is 2.25. The minimum atomic E-state index is -0.0734. The minimum absolute atomic E-state index is 0.0118. The number of nitrogens with zero attached hydrogens (tertiary/aromatic N) is 3. The van der Waals surface area contributed by atoms with E-state index >= 15 is 0 Å². The third kappa shape index (κ3) is 3.06. The van der Waals surface area contributed by atoms with E-state index in [4.69, 9.17) is 0 Å². The monoisotopic (exact) mass is 299 g/mol. The van der Waals surface area contributed by atoms with Crippen molar-refractivity contribution < 1.29 is 4.79 Å². The highest BCUT2D eigenvalue weighted by Crippen LogP contribution is 2.25. The lowest BCUT2D eigenvalue weighted by molar-refractivity contribution is 0.0979. The highest BCUT2D eigenvalue weighted by atomic mass is 16.2. The van der Waals surface area contributed by atoms with Crippen molar-refractivity contribution in [1.82, 2.24) is 9.78 Å². The molecule has 0 saturated heterocycles. The number of anilines is 1. The molecule has 1 heterocycles. The molecular formula is C18H25N3O. The van der Waals surface area contributed by atoms with Gasteiger partial charge in [0.15, 0.2) is 0 Å². The summed E-state index contributed by atoms with van der Waals surface area (Å²) in [5.74, 6) is -0.0118. The molecule has 0 spiro atoms. The number of rotatable bonds is 3. The van der Waals surface area contributed by atoms with Crippen LogP contribution >= 0.6 is 0 Å². The van der Waals surface area contributed by atoms with E-state index in [1.54, 1.807) is 9.58 Å². The van der Waals surface area contributed by atoms with Crippen LogP contribution in [0.5, 0.6) is 0 Å². The van der Waals surface area contributed by atoms with Crippen molar-refractivity contribution in [1.29, 1.82) is 0 Å². The van der Waals surface area contributed by atoms with Crippen LogP contribution in [0.4, 0.5) is 5.69 Å². The summed E-state index contributed by atoms with van der Waals surface area (Å²) >= 11 is 0. The first kappa shape index (κ1) is 16.3. The van der Waals surface area contributed by atoms with Crippen molar-refractivity contribution >= 4 is 11.6 Å². The fourth-order valence-electron chi connectivity index (χ4n) is 2.46. The molecule has 1 aromatic carbocycles. The lowest BCUT2D eigenvalue weighted by Crippen LogP contribution is -2.32. The van der Waals surface area contributed by atoms with Gasteiger partial charge in [0.05, 0.1) is 5.69 Å². The van der Waals surface area contributed by atoms with Crippen molar-refractivity contribution in [3.05, 3.63) is 47.3 Å². The molecule has 1 aromatic heterocycles. The molecule has 22 heavy (non-hydrogen) atoms. The average Bonchev–Trinajstić information content (AvgIpc) is 2.83. The molecule has 4 nitrogen and oxygen atoms in total. The molecule has 0 radical (unpaired) electrons. The largest absolute Gasteiger partial charge is 0.307 e. The molecule has 0 fully saturated rings. The van der Waals surface area contributed by atoms with Crippen molar-refractivity contribution in [2.45, 2.75) is 40.0 Å². The molecule has 2 aromatic rings. The topological polar surface area (TPSA) is 38.1 Å². The Labute approximate surface area is 132 Å². The molecule has 0 saturated carbocycles. The second kappa shape index (κ2) is 5.95. The third-order valence-corrected chi connectivity index (χ3v) is 3.83. The molecule has 0 atom stereocenters. The predicted octanol–water partition coefficient (Wildman–Crippen LogP) is 3.69. The molecule has 1 amide bonds. The molecule has 0 N–H and O–H groups in total. The maximum atomic E-state index is 13.0. The number of para-hydroxylation sites is 1. The van der Waals surface area contributed by atoms with Gasteiger partial charge in [-0.3, -0.25) is 9.48 Å². The van der Waals surface area contributed by atoms with Crippen LogP contribution < -0.4 is 4.90 Å². The first-order valence-electron chi connectivity index (χ1n) is 7.67. The summed E-state index contributed by atoms with van der Waals surface area (Å²) < 4.78 is 1.68. The van der Waals surface area contributed by atoms with Gasteiger partial charge in [0.1, 0.15) is 5.69 Å². The summed E-state index contributed by atoms with van der Waals surface area (Å²) in [6, 6.07) is 9.86. The van der Waals surface area contributed by atoms with E-state index in [1.165, 1.54) is 0 Å². The van der Waals surface area contributed by atoms with Crippen molar-refractivity contribution in [3.8, 4) is 0 Å². The second-order valence-electron chi connectivity index (χ2n) is 6.62. The Morgan fingerprint density at radius 2 is 1.91 bits per heavy atom. The van der Waals surface area contributed by atoms with Crippen LogP contribution in [0.1, 0.15) is 49.4 Å². The normalized spacial score (nSPS) is 11.5. The summed E-state index contributed by atoms with van der Waals surface area (Å²) in [7, 11) is 1.83. The highest BCUT2D eigenvalue weighted by molar-refractivity contribution is 6.05. The lowest BCUT2D eigenvalue weighted by Gasteiger charge is -2.22. The Kier molecular flexibility index (Phi) is 4.40. The molecule has 0 unspecified atom stereocenters. The standard InChI is InChI=1S/C18H25N3O/c1-7-21(14-11-9-8-10-13(14)2)17(22)15-12-16(18(3,4)5)19-20(15)6/h8-12H,7H2,1-6H3. The van der Waals surface area contributed by atoms with Crippen LogP contribution in [0, 0.1) is 6.92 Å². The van der Waals surface area contributed by atoms with Crippen LogP contribution in [-0.4, -0.2) is 22.2 Å². The predicted molar refractivity (Wildman–Crippen MR) is 90.4 cm³/mol. The first-order chi connectivity index (χ1) is 10.3. The van der Waals surface area contributed by atoms with Gasteiger partial charge in [-0.25, -0.2) is 0 Å². The van der Waals surface area contributed by atoms with Gasteiger partial charge in [0, 0.05) is 24.7 Å². The number of amides is 1. The zero-order valence-electron chi connectivity index (χ0n) is 14.3. The van der Waals surface area contributed by atoms with Crippen molar-refractivity contribution in [2.24, 2.45) is 7.05 Å². The van der Waals surface area contributed by atoms with Gasteiger partial charge < -0.3 is 4.90 Å². The van der Waals surface area contributed by atoms with Crippen molar-refractivity contribution in [3.63, 3.8) is 0 Å². The lowest BCUT2D eigenvalue weighted by atomic mass is 9.92. The maximum Gasteiger partial charge on any atom is 0.276 e. The van der Waals surface area contributed by atoms with E-state index in [-0.39, 0.29) is 11.3 Å². The summed E-state index contributed by atoms with van der Waals surface area (Å²) in [4.78, 5) is 14.8. The van der Waals surface area contributed by atoms with E-state index < -0.39 is 0 Å². The van der Waals surface area contributed by atoms with Crippen LogP contribution in [0.25, 0.3) is 0 Å². The summed E-state index contributed by atoms with van der Waals surface area (Å²) in [6.07, 6.45) is 0. The Bertz CT molecular complexity index is 680. The Hall–Kier alpha value is -2.10. The molecule has 0 aliphatic carbocycles. The van der Waals surface area contributed by atoms with Crippen molar-refractivity contribution in [2.75, 3.05) is 11.4 Å². The molecule has 0 aliphatic heterocycles. The second-order valence-corrected chi connectivity index (χ2v) is 6.62. The molecular weight excluding hydrogens is 274 g/mol. The smallest absolute Gasteiger partial charge is 0.276 e. The first-order valence-corrected chi connectivity index (χ1v) is 7.67. The van der Waals surface area contributed by atoms with Gasteiger partial charge in [0.25, 0.3) is 5.91 Å². The maximum absolute atomic E-state index is 13.0. The molecule has 118 valence electrons. The fraction of sp³-hybridized carbons (Fsp3) is 0.444. The number of carbonyl (C=O) groups is 1. The van der Waals surface area contributed by atoms with Crippen LogP contribution in [0.2, 0.25) is 0 Å². The van der Waals surface area contributed by atoms with Crippen LogP contribution in [0.15, 0.2) is 30.3 Å². The molecule has 2 rings (SSSR count). The Balaban J connectivity index is 2.42. The average molecular weight is 299 g/mol. The Morgan fingerprint density at radius 1 is 1.27 bits per heavy atom. The Morgan fingerprint density at radius 3 is 2.41 bits per heavy atom. The SMILES string of the molecule is CCN(C(=O)c1cc(C(C)(C)C)nn1C)c1ccccc1C. The van der Waals surface area contributed by atoms with Gasteiger partial charge in [0.2, 0.25) is 0 Å². The quantitative estimate of drug-likeness (QED) is 0.867. The van der Waals surface area contributed by atoms with Gasteiger partial charge in [-0.1, -0.05) is 39.0 Å². The minimum Gasteiger partial charge on any atom is -0.307 e. The van der Waals surface area contributed by atoms with Gasteiger partial charge in [-0.2, -0.15) is 5.10 Å². The summed E-state index contributed by atoms with van der Waals surface area (Å²) in [6.45, 7) is 10.9. The summed E-state index contributed by atoms with van der Waals surface area (Å²) in [5.41, 5.74) is 3.52. The van der Waals surface area contributed by atoms with E-state index in [0.717, 1.165) is 16.9 Å². The van der Waals surface area contributed by atoms with Gasteiger partial charge in [-0.15, -0.1) is 0 Å². The zero-order valence-corrected chi connectivity index (χ0v) is 14.3. The fourth-order valence-corrected chi connectivity index (χ4v) is 2.46. The number of hydrogen-bond donors (Lipinski definition) is 0. The number of hydrogen-bond acceptors (Lipinski definition) is 2. The summed E-state index contributed by atoms with van der Waals surface area (Å²) in [5, 5.41) is 4.50. The molecule has 0 bridgehead atoms.